The largest absolute Gasteiger partial charge is 0.497 e. The number of aryl methyl sites for hydroxylation is 1. The number of methoxy groups -OCH3 is 1. The fraction of sp³-hybridized carbons (Fsp3) is 0.409. The van der Waals surface area contributed by atoms with E-state index < -0.39 is 28.0 Å². The van der Waals surface area contributed by atoms with Gasteiger partial charge >= 0.3 is 5.97 Å². The normalized spacial score (nSPS) is 22.6. The molecular weight excluding hydrogens is 422 g/mol. The molecule has 0 radical (unpaired) electrons. The van der Waals surface area contributed by atoms with Crippen molar-refractivity contribution in [3.63, 3.8) is 0 Å². The standard InChI is InChI=1S/C22H27NO5S2/c1-4-29-21-13-20(16-6-5-7-17(12-16)28-3)23(14-19(21)22(24)25)30(26,27)18-10-8-15(2)9-11-18/h5-12,19-21H,4,13-14H2,1-3H3,(H,24,25)/t19-,20+,21-/m1/s1. The summed E-state index contributed by atoms with van der Waals surface area (Å²) >= 11 is 1.57. The molecule has 3 rings (SSSR count). The minimum atomic E-state index is -3.88. The summed E-state index contributed by atoms with van der Waals surface area (Å²) in [4.78, 5) is 12.2. The Morgan fingerprint density at radius 3 is 2.53 bits per heavy atom. The van der Waals surface area contributed by atoms with Crippen LogP contribution in [0.3, 0.4) is 0 Å². The molecule has 2 aromatic carbocycles. The molecule has 1 saturated heterocycles. The zero-order chi connectivity index (χ0) is 21.9. The minimum Gasteiger partial charge on any atom is -0.497 e. The maximum atomic E-state index is 13.6. The van der Waals surface area contributed by atoms with Crippen LogP contribution in [0, 0.1) is 12.8 Å². The van der Waals surface area contributed by atoms with Gasteiger partial charge in [-0.2, -0.15) is 16.1 Å². The topological polar surface area (TPSA) is 83.9 Å². The summed E-state index contributed by atoms with van der Waals surface area (Å²) in [6, 6.07) is 13.5. The summed E-state index contributed by atoms with van der Waals surface area (Å²) in [7, 11) is -2.31. The fourth-order valence-corrected chi connectivity index (χ4v) is 6.67. The molecule has 0 aromatic heterocycles. The van der Waals surface area contributed by atoms with Crippen LogP contribution in [0.15, 0.2) is 53.4 Å². The maximum absolute atomic E-state index is 13.6. The molecule has 3 atom stereocenters. The van der Waals surface area contributed by atoms with Crippen molar-refractivity contribution >= 4 is 27.8 Å². The quantitative estimate of drug-likeness (QED) is 0.689. The van der Waals surface area contributed by atoms with Crippen LogP contribution < -0.4 is 4.74 Å². The number of carboxylic acids is 1. The monoisotopic (exact) mass is 449 g/mol. The Balaban J connectivity index is 2.08. The van der Waals surface area contributed by atoms with E-state index in [1.807, 2.05) is 38.1 Å². The van der Waals surface area contributed by atoms with Crippen LogP contribution in [0.5, 0.6) is 5.75 Å². The SMILES string of the molecule is CCS[C@@H]1C[C@@H](c2cccc(OC)c2)N(S(=O)(=O)c2ccc(C)cc2)C[C@H]1C(=O)O. The number of aliphatic carboxylic acids is 1. The molecule has 162 valence electrons. The lowest BCUT2D eigenvalue weighted by Gasteiger charge is -2.41. The molecule has 1 aliphatic rings. The predicted molar refractivity (Wildman–Crippen MR) is 118 cm³/mol. The lowest BCUT2D eigenvalue weighted by Crippen LogP contribution is -2.49. The number of ether oxygens (including phenoxy) is 1. The van der Waals surface area contributed by atoms with Crippen LogP contribution in [0.2, 0.25) is 0 Å². The van der Waals surface area contributed by atoms with Crippen molar-refractivity contribution in [3.05, 3.63) is 59.7 Å². The highest BCUT2D eigenvalue weighted by atomic mass is 32.2. The van der Waals surface area contributed by atoms with Crippen molar-refractivity contribution < 1.29 is 23.1 Å². The lowest BCUT2D eigenvalue weighted by atomic mass is 9.90. The van der Waals surface area contributed by atoms with Crippen LogP contribution in [0.25, 0.3) is 0 Å². The summed E-state index contributed by atoms with van der Waals surface area (Å²) in [6.45, 7) is 3.81. The van der Waals surface area contributed by atoms with E-state index in [0.717, 1.165) is 16.9 Å². The van der Waals surface area contributed by atoms with Gasteiger partial charge in [0.25, 0.3) is 0 Å². The Bertz CT molecular complexity index is 991. The smallest absolute Gasteiger partial charge is 0.308 e. The van der Waals surface area contributed by atoms with Crippen molar-refractivity contribution in [2.45, 2.75) is 36.5 Å². The lowest BCUT2D eigenvalue weighted by molar-refractivity contribution is -0.143. The zero-order valence-corrected chi connectivity index (χ0v) is 18.9. The molecule has 0 spiro atoms. The number of nitrogens with zero attached hydrogens (tertiary/aromatic N) is 1. The first-order valence-electron chi connectivity index (χ1n) is 9.84. The van der Waals surface area contributed by atoms with Crippen LogP contribution in [-0.2, 0) is 14.8 Å². The van der Waals surface area contributed by atoms with Gasteiger partial charge in [0.2, 0.25) is 10.0 Å². The van der Waals surface area contributed by atoms with Crippen LogP contribution in [-0.4, -0.2) is 48.5 Å². The number of benzene rings is 2. The van der Waals surface area contributed by atoms with Gasteiger partial charge in [-0.1, -0.05) is 36.8 Å². The summed E-state index contributed by atoms with van der Waals surface area (Å²) in [5.74, 6) is -0.323. The molecule has 6 nitrogen and oxygen atoms in total. The van der Waals surface area contributed by atoms with Gasteiger partial charge in [-0.25, -0.2) is 8.42 Å². The molecule has 2 aromatic rings. The Labute approximate surface area is 182 Å². The van der Waals surface area contributed by atoms with E-state index in [4.69, 9.17) is 4.74 Å². The highest BCUT2D eigenvalue weighted by Gasteiger charge is 2.45. The molecule has 0 unspecified atom stereocenters. The van der Waals surface area contributed by atoms with E-state index in [0.29, 0.717) is 12.2 Å². The number of hydrogen-bond acceptors (Lipinski definition) is 5. The van der Waals surface area contributed by atoms with Crippen LogP contribution in [0.4, 0.5) is 0 Å². The van der Waals surface area contributed by atoms with Crippen molar-refractivity contribution in [3.8, 4) is 5.75 Å². The third kappa shape index (κ3) is 4.66. The van der Waals surface area contributed by atoms with E-state index in [-0.39, 0.29) is 16.7 Å². The van der Waals surface area contributed by atoms with Crippen molar-refractivity contribution in [1.82, 2.24) is 4.31 Å². The highest BCUT2D eigenvalue weighted by Crippen LogP contribution is 2.42. The number of hydrogen-bond donors (Lipinski definition) is 1. The van der Waals surface area contributed by atoms with E-state index >= 15 is 0 Å². The first-order valence-corrected chi connectivity index (χ1v) is 12.3. The molecule has 0 aliphatic carbocycles. The first kappa shape index (κ1) is 22.7. The molecule has 1 N–H and O–H groups in total. The fourth-order valence-electron chi connectivity index (χ4n) is 3.84. The first-order chi connectivity index (χ1) is 14.3. The molecular formula is C22H27NO5S2. The van der Waals surface area contributed by atoms with Gasteiger partial charge in [0.1, 0.15) is 5.75 Å². The number of sulfonamides is 1. The van der Waals surface area contributed by atoms with E-state index in [9.17, 15) is 18.3 Å². The molecule has 0 saturated carbocycles. The number of piperidine rings is 1. The number of carbonyl (C=O) groups is 1. The summed E-state index contributed by atoms with van der Waals surface area (Å²) in [6.07, 6.45) is 0.424. The maximum Gasteiger partial charge on any atom is 0.308 e. The number of thioether (sulfide) groups is 1. The minimum absolute atomic E-state index is 0.0644. The number of carboxylic acid groups (broad SMARTS) is 1. The summed E-state index contributed by atoms with van der Waals surface area (Å²) < 4.78 is 33.8. The van der Waals surface area contributed by atoms with E-state index in [1.54, 1.807) is 43.1 Å². The van der Waals surface area contributed by atoms with Gasteiger partial charge in [0.15, 0.2) is 0 Å². The van der Waals surface area contributed by atoms with Gasteiger partial charge in [0.05, 0.1) is 24.0 Å². The molecule has 8 heteroatoms. The molecule has 1 fully saturated rings. The molecule has 30 heavy (non-hydrogen) atoms. The van der Waals surface area contributed by atoms with Gasteiger partial charge in [-0.3, -0.25) is 4.79 Å². The van der Waals surface area contributed by atoms with Gasteiger partial charge in [-0.15, -0.1) is 0 Å². The predicted octanol–water partition coefficient (Wildman–Crippen LogP) is 3.96. The Hall–Kier alpha value is -2.03. The zero-order valence-electron chi connectivity index (χ0n) is 17.3. The van der Waals surface area contributed by atoms with Crippen LogP contribution in [0.1, 0.15) is 30.5 Å². The summed E-state index contributed by atoms with van der Waals surface area (Å²) in [5, 5.41) is 9.64. The Morgan fingerprint density at radius 1 is 1.23 bits per heavy atom. The van der Waals surface area contributed by atoms with Crippen molar-refractivity contribution in [2.24, 2.45) is 5.92 Å². The average Bonchev–Trinajstić information content (AvgIpc) is 2.73. The second kappa shape index (κ2) is 9.41. The van der Waals surface area contributed by atoms with Crippen molar-refractivity contribution in [2.75, 3.05) is 19.4 Å². The van der Waals surface area contributed by atoms with E-state index in [2.05, 4.69) is 0 Å². The van der Waals surface area contributed by atoms with Gasteiger partial charge < -0.3 is 9.84 Å². The summed E-state index contributed by atoms with van der Waals surface area (Å²) in [5.41, 5.74) is 1.76. The molecule has 1 heterocycles. The molecule has 1 aliphatic heterocycles. The van der Waals surface area contributed by atoms with Crippen LogP contribution >= 0.6 is 11.8 Å². The third-order valence-corrected chi connectivity index (χ3v) is 8.60. The third-order valence-electron chi connectivity index (χ3n) is 5.43. The average molecular weight is 450 g/mol. The second-order valence-corrected chi connectivity index (χ2v) is 10.8. The molecule has 0 bridgehead atoms. The van der Waals surface area contributed by atoms with Gasteiger partial charge in [-0.05, 0) is 48.9 Å². The number of rotatable bonds is 7. The van der Waals surface area contributed by atoms with Crippen molar-refractivity contribution in [1.29, 1.82) is 0 Å². The van der Waals surface area contributed by atoms with Gasteiger partial charge in [0, 0.05) is 11.8 Å². The second-order valence-electron chi connectivity index (χ2n) is 7.35. The Morgan fingerprint density at radius 2 is 1.93 bits per heavy atom. The highest BCUT2D eigenvalue weighted by molar-refractivity contribution is 7.99. The molecule has 0 amide bonds. The Kier molecular flexibility index (Phi) is 7.10. The van der Waals surface area contributed by atoms with E-state index in [1.165, 1.54) is 4.31 Å².